The third-order valence-corrected chi connectivity index (χ3v) is 3.80. The van der Waals surface area contributed by atoms with E-state index in [1.54, 1.807) is 18.2 Å². The minimum Gasteiger partial charge on any atom is -0.380 e. The molecule has 3 rings (SSSR count). The van der Waals surface area contributed by atoms with E-state index >= 15 is 0 Å². The van der Waals surface area contributed by atoms with E-state index in [9.17, 15) is 4.79 Å². The molecule has 3 aromatic rings. The highest BCUT2D eigenvalue weighted by atomic mass is 35.5. The van der Waals surface area contributed by atoms with E-state index in [1.807, 2.05) is 43.3 Å². The zero-order valence-electron chi connectivity index (χ0n) is 13.1. The van der Waals surface area contributed by atoms with Gasteiger partial charge in [0.2, 0.25) is 0 Å². The fourth-order valence-electron chi connectivity index (χ4n) is 2.26. The monoisotopic (exact) mass is 340 g/mol. The maximum Gasteiger partial charge on any atom is 0.276 e. The second-order valence-corrected chi connectivity index (χ2v) is 5.83. The van der Waals surface area contributed by atoms with Gasteiger partial charge in [0.15, 0.2) is 5.69 Å². The Morgan fingerprint density at radius 1 is 1.17 bits per heavy atom. The molecule has 0 aliphatic rings. The van der Waals surface area contributed by atoms with Gasteiger partial charge in [0.05, 0.1) is 10.7 Å². The van der Waals surface area contributed by atoms with Crippen molar-refractivity contribution in [1.29, 1.82) is 0 Å². The molecule has 0 aliphatic carbocycles. The van der Waals surface area contributed by atoms with Gasteiger partial charge in [0.25, 0.3) is 5.91 Å². The number of amides is 1. The van der Waals surface area contributed by atoms with E-state index in [0.29, 0.717) is 22.9 Å². The predicted molar refractivity (Wildman–Crippen MR) is 96.5 cm³/mol. The summed E-state index contributed by atoms with van der Waals surface area (Å²) in [5, 5.41) is 13.3. The van der Waals surface area contributed by atoms with Crippen LogP contribution in [0, 0.1) is 6.92 Å². The summed E-state index contributed by atoms with van der Waals surface area (Å²) in [5.74, 6) is -0.277. The molecule has 6 heteroatoms. The number of aromatic nitrogens is 2. The van der Waals surface area contributed by atoms with Crippen LogP contribution in [0.2, 0.25) is 5.02 Å². The van der Waals surface area contributed by atoms with Gasteiger partial charge in [-0.05, 0) is 36.8 Å². The van der Waals surface area contributed by atoms with Crippen molar-refractivity contribution in [3.8, 4) is 0 Å². The summed E-state index contributed by atoms with van der Waals surface area (Å²) >= 11 is 6.29. The standard InChI is InChI=1S/C18H17ClN4O/c1-12-9-17(23-22-12)18(24)21-14-7-8-16(15(19)10-14)20-11-13-5-3-2-4-6-13/h2-10,20H,11H2,1H3,(H,21,24)(H,22,23). The molecule has 24 heavy (non-hydrogen) atoms. The van der Waals surface area contributed by atoms with Crippen molar-refractivity contribution < 1.29 is 4.79 Å². The second kappa shape index (κ2) is 7.19. The summed E-state index contributed by atoms with van der Waals surface area (Å²) in [7, 11) is 0. The van der Waals surface area contributed by atoms with E-state index < -0.39 is 0 Å². The van der Waals surface area contributed by atoms with Gasteiger partial charge < -0.3 is 10.6 Å². The summed E-state index contributed by atoms with van der Waals surface area (Å²) in [6.07, 6.45) is 0. The first-order chi connectivity index (χ1) is 11.6. The van der Waals surface area contributed by atoms with Gasteiger partial charge in [-0.1, -0.05) is 41.9 Å². The van der Waals surface area contributed by atoms with Gasteiger partial charge in [-0.15, -0.1) is 0 Å². The largest absolute Gasteiger partial charge is 0.380 e. The molecule has 0 aliphatic heterocycles. The number of aryl methyl sites for hydroxylation is 1. The highest BCUT2D eigenvalue weighted by molar-refractivity contribution is 6.33. The number of halogens is 1. The quantitative estimate of drug-likeness (QED) is 0.650. The molecule has 0 bridgehead atoms. The molecule has 1 aromatic heterocycles. The molecule has 0 fully saturated rings. The summed E-state index contributed by atoms with van der Waals surface area (Å²) in [6.45, 7) is 2.52. The van der Waals surface area contributed by atoms with Crippen LogP contribution in [0.1, 0.15) is 21.7 Å². The number of anilines is 2. The molecule has 0 saturated heterocycles. The topological polar surface area (TPSA) is 69.8 Å². The SMILES string of the molecule is Cc1cc(C(=O)Nc2ccc(NCc3ccccc3)c(Cl)c2)n[nH]1. The molecule has 0 unspecified atom stereocenters. The van der Waals surface area contributed by atoms with Crippen LogP contribution in [0.5, 0.6) is 0 Å². The number of nitrogens with one attached hydrogen (secondary N) is 3. The highest BCUT2D eigenvalue weighted by Gasteiger charge is 2.10. The number of carbonyl (C=O) groups excluding carboxylic acids is 1. The fourth-order valence-corrected chi connectivity index (χ4v) is 2.51. The molecule has 0 spiro atoms. The Morgan fingerprint density at radius 2 is 1.96 bits per heavy atom. The van der Waals surface area contributed by atoms with Crippen molar-refractivity contribution in [2.24, 2.45) is 0 Å². The molecular formula is C18H17ClN4O. The van der Waals surface area contributed by atoms with Crippen LogP contribution in [0.15, 0.2) is 54.6 Å². The normalized spacial score (nSPS) is 10.4. The van der Waals surface area contributed by atoms with Crippen LogP contribution >= 0.6 is 11.6 Å². The lowest BCUT2D eigenvalue weighted by Gasteiger charge is -2.10. The number of aromatic amines is 1. The van der Waals surface area contributed by atoms with Crippen LogP contribution in [-0.2, 0) is 6.54 Å². The Bertz CT molecular complexity index is 845. The van der Waals surface area contributed by atoms with Gasteiger partial charge >= 0.3 is 0 Å². The van der Waals surface area contributed by atoms with Crippen molar-refractivity contribution in [3.05, 3.63) is 76.6 Å². The number of H-pyrrole nitrogens is 1. The molecule has 3 N–H and O–H groups in total. The van der Waals surface area contributed by atoms with Gasteiger partial charge in [0, 0.05) is 17.9 Å². The minimum atomic E-state index is -0.277. The van der Waals surface area contributed by atoms with Gasteiger partial charge in [-0.25, -0.2) is 0 Å². The predicted octanol–water partition coefficient (Wildman–Crippen LogP) is 4.24. The number of nitrogens with zero attached hydrogens (tertiary/aromatic N) is 1. The van der Waals surface area contributed by atoms with Gasteiger partial charge in [-0.2, -0.15) is 5.10 Å². The van der Waals surface area contributed by atoms with Crippen molar-refractivity contribution in [2.45, 2.75) is 13.5 Å². The number of rotatable bonds is 5. The number of hydrogen-bond acceptors (Lipinski definition) is 3. The zero-order chi connectivity index (χ0) is 16.9. The summed E-state index contributed by atoms with van der Waals surface area (Å²) in [6, 6.07) is 17.1. The smallest absolute Gasteiger partial charge is 0.276 e. The molecule has 1 amide bonds. The average molecular weight is 341 g/mol. The molecule has 0 saturated carbocycles. The maximum atomic E-state index is 12.1. The Hall–Kier alpha value is -2.79. The van der Waals surface area contributed by atoms with Crippen LogP contribution in [0.4, 0.5) is 11.4 Å². The summed E-state index contributed by atoms with van der Waals surface area (Å²) in [4.78, 5) is 12.1. The van der Waals surface area contributed by atoms with Crippen molar-refractivity contribution in [2.75, 3.05) is 10.6 Å². The molecule has 122 valence electrons. The first-order valence-corrected chi connectivity index (χ1v) is 7.90. The first kappa shape index (κ1) is 16.1. The lowest BCUT2D eigenvalue weighted by atomic mass is 10.2. The van der Waals surface area contributed by atoms with Crippen LogP contribution in [0.25, 0.3) is 0 Å². The molecule has 0 atom stereocenters. The minimum absolute atomic E-state index is 0.277. The van der Waals surface area contributed by atoms with E-state index in [1.165, 1.54) is 5.56 Å². The lowest BCUT2D eigenvalue weighted by molar-refractivity contribution is 0.102. The number of benzene rings is 2. The van der Waals surface area contributed by atoms with Crippen LogP contribution < -0.4 is 10.6 Å². The third kappa shape index (κ3) is 3.94. The fraction of sp³-hybridized carbons (Fsp3) is 0.111. The lowest BCUT2D eigenvalue weighted by Crippen LogP contribution is -2.12. The van der Waals surface area contributed by atoms with Crippen molar-refractivity contribution >= 4 is 28.9 Å². The van der Waals surface area contributed by atoms with Crippen LogP contribution in [0.3, 0.4) is 0 Å². The van der Waals surface area contributed by atoms with Crippen molar-refractivity contribution in [3.63, 3.8) is 0 Å². The molecule has 2 aromatic carbocycles. The highest BCUT2D eigenvalue weighted by Crippen LogP contribution is 2.26. The van der Waals surface area contributed by atoms with E-state index in [0.717, 1.165) is 11.4 Å². The van der Waals surface area contributed by atoms with Gasteiger partial charge in [-0.3, -0.25) is 9.89 Å². The average Bonchev–Trinajstić information content (AvgIpc) is 3.02. The Kier molecular flexibility index (Phi) is 4.82. The number of hydrogen-bond donors (Lipinski definition) is 3. The Labute approximate surface area is 145 Å². The molecule has 5 nitrogen and oxygen atoms in total. The van der Waals surface area contributed by atoms with Gasteiger partial charge in [0.1, 0.15) is 0 Å². The molecular weight excluding hydrogens is 324 g/mol. The molecule has 1 heterocycles. The maximum absolute atomic E-state index is 12.1. The van der Waals surface area contributed by atoms with E-state index in [2.05, 4.69) is 20.8 Å². The van der Waals surface area contributed by atoms with E-state index in [4.69, 9.17) is 11.6 Å². The van der Waals surface area contributed by atoms with Crippen molar-refractivity contribution in [1.82, 2.24) is 10.2 Å². The second-order valence-electron chi connectivity index (χ2n) is 5.42. The summed E-state index contributed by atoms with van der Waals surface area (Å²) in [5.41, 5.74) is 3.78. The molecule has 0 radical (unpaired) electrons. The zero-order valence-corrected chi connectivity index (χ0v) is 13.9. The number of carbonyl (C=O) groups is 1. The van der Waals surface area contributed by atoms with E-state index in [-0.39, 0.29) is 5.91 Å². The Balaban J connectivity index is 1.65. The summed E-state index contributed by atoms with van der Waals surface area (Å²) < 4.78 is 0. The first-order valence-electron chi connectivity index (χ1n) is 7.52. The van der Waals surface area contributed by atoms with Crippen LogP contribution in [-0.4, -0.2) is 16.1 Å². The Morgan fingerprint density at radius 3 is 2.62 bits per heavy atom. The third-order valence-electron chi connectivity index (χ3n) is 3.49.